The average molecular weight is 433 g/mol. The zero-order valence-electron chi connectivity index (χ0n) is 14.4. The SMILES string of the molecule is O=C(CSc1nnc(-c2ccc(Cl)cc2Cl)n1Cc1ccco1)c1ccc[nH]1. The van der Waals surface area contributed by atoms with Crippen LogP contribution in [0.5, 0.6) is 0 Å². The first-order chi connectivity index (χ1) is 13.6. The fourth-order valence-electron chi connectivity index (χ4n) is 2.68. The monoisotopic (exact) mass is 432 g/mol. The van der Waals surface area contributed by atoms with Gasteiger partial charge in [-0.3, -0.25) is 9.36 Å². The molecule has 3 heterocycles. The Morgan fingerprint density at radius 1 is 1.18 bits per heavy atom. The zero-order valence-corrected chi connectivity index (χ0v) is 16.8. The maximum absolute atomic E-state index is 12.3. The van der Waals surface area contributed by atoms with Crippen molar-refractivity contribution in [2.24, 2.45) is 0 Å². The summed E-state index contributed by atoms with van der Waals surface area (Å²) in [5, 5.41) is 10.2. The second-order valence-corrected chi connectivity index (χ2v) is 7.68. The van der Waals surface area contributed by atoms with Crippen LogP contribution in [0.3, 0.4) is 0 Å². The molecule has 0 bridgehead atoms. The first-order valence-corrected chi connectivity index (χ1v) is 10.1. The van der Waals surface area contributed by atoms with Crippen LogP contribution >= 0.6 is 35.0 Å². The Hall–Kier alpha value is -2.48. The molecule has 0 spiro atoms. The Morgan fingerprint density at radius 2 is 2.07 bits per heavy atom. The number of benzene rings is 1. The van der Waals surface area contributed by atoms with Crippen LogP contribution in [0.15, 0.2) is 64.5 Å². The number of carbonyl (C=O) groups excluding carboxylic acids is 1. The lowest BCUT2D eigenvalue weighted by Gasteiger charge is -2.10. The zero-order chi connectivity index (χ0) is 19.5. The van der Waals surface area contributed by atoms with Gasteiger partial charge in [-0.1, -0.05) is 35.0 Å². The van der Waals surface area contributed by atoms with Crippen molar-refractivity contribution in [3.05, 3.63) is 76.4 Å². The van der Waals surface area contributed by atoms with E-state index in [4.69, 9.17) is 27.6 Å². The molecule has 0 saturated carbocycles. The molecule has 6 nitrogen and oxygen atoms in total. The fourth-order valence-corrected chi connectivity index (χ4v) is 3.99. The first-order valence-electron chi connectivity index (χ1n) is 8.32. The molecule has 0 amide bonds. The minimum absolute atomic E-state index is 0.0198. The second-order valence-electron chi connectivity index (χ2n) is 5.89. The topological polar surface area (TPSA) is 76.7 Å². The highest BCUT2D eigenvalue weighted by atomic mass is 35.5. The summed E-state index contributed by atoms with van der Waals surface area (Å²) in [6, 6.07) is 12.4. The molecule has 1 aromatic carbocycles. The number of H-pyrrole nitrogens is 1. The van der Waals surface area contributed by atoms with Crippen molar-refractivity contribution in [1.82, 2.24) is 19.7 Å². The van der Waals surface area contributed by atoms with E-state index in [0.29, 0.717) is 38.8 Å². The Labute approximate surface area is 174 Å². The van der Waals surface area contributed by atoms with Crippen LogP contribution < -0.4 is 0 Å². The van der Waals surface area contributed by atoms with Gasteiger partial charge in [0.15, 0.2) is 16.8 Å². The van der Waals surface area contributed by atoms with Crippen molar-refractivity contribution in [2.75, 3.05) is 5.75 Å². The van der Waals surface area contributed by atoms with E-state index in [1.807, 2.05) is 16.7 Å². The third kappa shape index (κ3) is 4.01. The van der Waals surface area contributed by atoms with Crippen molar-refractivity contribution in [3.63, 3.8) is 0 Å². The van der Waals surface area contributed by atoms with Crippen LogP contribution in [0.1, 0.15) is 16.2 Å². The largest absolute Gasteiger partial charge is 0.467 e. The summed E-state index contributed by atoms with van der Waals surface area (Å²) in [5.74, 6) is 1.52. The van der Waals surface area contributed by atoms with Crippen LogP contribution in [0, 0.1) is 0 Å². The van der Waals surface area contributed by atoms with Crippen LogP contribution in [-0.2, 0) is 6.54 Å². The molecule has 28 heavy (non-hydrogen) atoms. The van der Waals surface area contributed by atoms with Gasteiger partial charge >= 0.3 is 0 Å². The highest BCUT2D eigenvalue weighted by Gasteiger charge is 2.19. The van der Waals surface area contributed by atoms with Crippen molar-refractivity contribution < 1.29 is 9.21 Å². The van der Waals surface area contributed by atoms with Crippen LogP contribution in [0.25, 0.3) is 11.4 Å². The summed E-state index contributed by atoms with van der Waals surface area (Å²) in [6.07, 6.45) is 3.33. The summed E-state index contributed by atoms with van der Waals surface area (Å²) < 4.78 is 7.35. The molecule has 0 fully saturated rings. The molecule has 0 radical (unpaired) electrons. The number of ketones is 1. The van der Waals surface area contributed by atoms with E-state index in [1.54, 1.807) is 42.8 Å². The highest BCUT2D eigenvalue weighted by Crippen LogP contribution is 2.32. The lowest BCUT2D eigenvalue weighted by atomic mass is 10.2. The molecule has 4 rings (SSSR count). The number of furan rings is 1. The molecule has 142 valence electrons. The van der Waals surface area contributed by atoms with E-state index in [2.05, 4.69) is 15.2 Å². The van der Waals surface area contributed by atoms with Gasteiger partial charge in [-0.15, -0.1) is 10.2 Å². The summed E-state index contributed by atoms with van der Waals surface area (Å²) in [6.45, 7) is 0.410. The normalized spacial score (nSPS) is 11.1. The summed E-state index contributed by atoms with van der Waals surface area (Å²) in [4.78, 5) is 15.2. The maximum Gasteiger partial charge on any atom is 0.192 e. The van der Waals surface area contributed by atoms with Crippen molar-refractivity contribution in [3.8, 4) is 11.4 Å². The standard InChI is InChI=1S/C19H14Cl2N4O2S/c20-12-5-6-14(15(21)9-12)18-23-24-19(25(18)10-13-3-2-8-27-13)28-11-17(26)16-4-1-7-22-16/h1-9,22H,10-11H2. The number of Topliss-reactive ketones (excluding diaryl/α,β-unsaturated/α-hetero) is 1. The predicted molar refractivity (Wildman–Crippen MR) is 109 cm³/mol. The number of aromatic amines is 1. The van der Waals surface area contributed by atoms with Gasteiger partial charge in [-0.2, -0.15) is 0 Å². The molecule has 0 aliphatic heterocycles. The molecule has 0 aliphatic rings. The van der Waals surface area contributed by atoms with E-state index in [0.717, 1.165) is 5.76 Å². The van der Waals surface area contributed by atoms with Crippen molar-refractivity contribution in [1.29, 1.82) is 0 Å². The minimum Gasteiger partial charge on any atom is -0.467 e. The second kappa shape index (κ2) is 8.26. The van der Waals surface area contributed by atoms with Crippen LogP contribution in [0.2, 0.25) is 10.0 Å². The van der Waals surface area contributed by atoms with Crippen molar-refractivity contribution >= 4 is 40.7 Å². The average Bonchev–Trinajstić information content (AvgIpc) is 3.43. The summed E-state index contributed by atoms with van der Waals surface area (Å²) >= 11 is 13.7. The number of halogens is 2. The molecule has 0 atom stereocenters. The molecule has 3 aromatic heterocycles. The molecule has 4 aromatic rings. The number of rotatable bonds is 7. The summed E-state index contributed by atoms with van der Waals surface area (Å²) in [7, 11) is 0. The maximum atomic E-state index is 12.3. The molecular formula is C19H14Cl2N4O2S. The van der Waals surface area contributed by atoms with E-state index in [9.17, 15) is 4.79 Å². The number of thioether (sulfide) groups is 1. The van der Waals surface area contributed by atoms with Gasteiger partial charge in [-0.05, 0) is 42.5 Å². The van der Waals surface area contributed by atoms with E-state index in [1.165, 1.54) is 11.8 Å². The lowest BCUT2D eigenvalue weighted by Crippen LogP contribution is -2.07. The Balaban J connectivity index is 1.66. The number of hydrogen-bond donors (Lipinski definition) is 1. The Morgan fingerprint density at radius 3 is 2.79 bits per heavy atom. The van der Waals surface area contributed by atoms with Gasteiger partial charge in [-0.25, -0.2) is 0 Å². The smallest absolute Gasteiger partial charge is 0.192 e. The minimum atomic E-state index is -0.0198. The number of carbonyl (C=O) groups is 1. The van der Waals surface area contributed by atoms with Gasteiger partial charge in [0, 0.05) is 16.8 Å². The number of hydrogen-bond acceptors (Lipinski definition) is 5. The van der Waals surface area contributed by atoms with E-state index < -0.39 is 0 Å². The molecular weight excluding hydrogens is 419 g/mol. The summed E-state index contributed by atoms with van der Waals surface area (Å²) in [5.41, 5.74) is 1.26. The Kier molecular flexibility index (Phi) is 5.57. The van der Waals surface area contributed by atoms with Crippen LogP contribution in [0.4, 0.5) is 0 Å². The predicted octanol–water partition coefficient (Wildman–Crippen LogP) is 5.20. The number of nitrogens with one attached hydrogen (secondary N) is 1. The lowest BCUT2D eigenvalue weighted by molar-refractivity contribution is 0.101. The van der Waals surface area contributed by atoms with Gasteiger partial charge < -0.3 is 9.40 Å². The van der Waals surface area contributed by atoms with E-state index >= 15 is 0 Å². The van der Waals surface area contributed by atoms with Gasteiger partial charge in [0.2, 0.25) is 0 Å². The highest BCUT2D eigenvalue weighted by molar-refractivity contribution is 7.99. The van der Waals surface area contributed by atoms with Crippen molar-refractivity contribution in [2.45, 2.75) is 11.7 Å². The first kappa shape index (κ1) is 18.9. The van der Waals surface area contributed by atoms with E-state index in [-0.39, 0.29) is 11.5 Å². The fraction of sp³-hybridized carbons (Fsp3) is 0.105. The Bertz CT molecular complexity index is 1090. The van der Waals surface area contributed by atoms with Gasteiger partial charge in [0.25, 0.3) is 0 Å². The van der Waals surface area contributed by atoms with Gasteiger partial charge in [0.05, 0.1) is 29.3 Å². The van der Waals surface area contributed by atoms with Crippen LogP contribution in [-0.4, -0.2) is 31.3 Å². The quantitative estimate of drug-likeness (QED) is 0.320. The molecule has 9 heteroatoms. The number of aromatic nitrogens is 4. The molecule has 0 unspecified atom stereocenters. The number of nitrogens with zero attached hydrogens (tertiary/aromatic N) is 3. The molecule has 0 saturated heterocycles. The van der Waals surface area contributed by atoms with Gasteiger partial charge in [0.1, 0.15) is 5.76 Å². The third-order valence-corrected chi connectivity index (χ3v) is 5.53. The molecule has 0 aliphatic carbocycles. The molecule has 1 N–H and O–H groups in total. The third-order valence-electron chi connectivity index (χ3n) is 4.01.